The fraction of sp³-hybridized carbons (Fsp3) is 0.227. The van der Waals surface area contributed by atoms with Crippen LogP contribution in [0.25, 0.3) is 22.4 Å². The number of nitrogens with zero attached hydrogens (tertiary/aromatic N) is 1. The second-order valence-corrected chi connectivity index (χ2v) is 6.47. The Balaban J connectivity index is 1.80. The van der Waals surface area contributed by atoms with Gasteiger partial charge in [-0.3, -0.25) is 0 Å². The minimum absolute atomic E-state index is 0.0808. The largest absolute Gasteiger partial charge is 0.504 e. The molecule has 7 nitrogen and oxygen atoms in total. The fourth-order valence-corrected chi connectivity index (χ4v) is 3.20. The van der Waals surface area contributed by atoms with Crippen LogP contribution in [0.3, 0.4) is 0 Å². The van der Waals surface area contributed by atoms with Crippen molar-refractivity contribution in [2.45, 2.75) is 0 Å². The molecule has 0 aliphatic carbocycles. The Labute approximate surface area is 168 Å². The average molecular weight is 394 g/mol. The van der Waals surface area contributed by atoms with Gasteiger partial charge in [0.05, 0.1) is 19.4 Å². The zero-order chi connectivity index (χ0) is 20.2. The molecule has 3 aromatic rings. The van der Waals surface area contributed by atoms with Crippen LogP contribution in [0.4, 0.5) is 5.82 Å². The van der Waals surface area contributed by atoms with Crippen LogP contribution in [0.15, 0.2) is 48.5 Å². The zero-order valence-electron chi connectivity index (χ0n) is 16.3. The Kier molecular flexibility index (Phi) is 5.39. The summed E-state index contributed by atoms with van der Waals surface area (Å²) < 4.78 is 21.6. The topological polar surface area (TPSA) is 82.1 Å². The van der Waals surface area contributed by atoms with Crippen LogP contribution in [0, 0.1) is 0 Å². The number of hydrogen-bond acceptors (Lipinski definition) is 7. The number of ether oxygens (including phenoxy) is 4. The number of methoxy groups -OCH3 is 2. The molecule has 1 aliphatic rings. The smallest absolute Gasteiger partial charge is 0.231 e. The number of para-hydroxylation sites is 1. The summed E-state index contributed by atoms with van der Waals surface area (Å²) in [6, 6.07) is 14.9. The Bertz CT molecular complexity index is 1020. The first-order valence-electron chi connectivity index (χ1n) is 9.21. The van der Waals surface area contributed by atoms with Crippen LogP contribution in [0.2, 0.25) is 0 Å². The maximum absolute atomic E-state index is 9.92. The number of aromatic nitrogens is 1. The van der Waals surface area contributed by atoms with E-state index in [2.05, 4.69) is 5.32 Å². The van der Waals surface area contributed by atoms with E-state index in [1.54, 1.807) is 25.3 Å². The maximum atomic E-state index is 9.92. The van der Waals surface area contributed by atoms with E-state index >= 15 is 0 Å². The van der Waals surface area contributed by atoms with Crippen LogP contribution in [0.5, 0.6) is 23.0 Å². The van der Waals surface area contributed by atoms with Crippen molar-refractivity contribution in [3.63, 3.8) is 0 Å². The number of rotatable bonds is 7. The summed E-state index contributed by atoms with van der Waals surface area (Å²) in [7, 11) is 3.18. The molecule has 1 aliphatic heterocycles. The molecule has 0 spiro atoms. The molecule has 0 saturated heterocycles. The van der Waals surface area contributed by atoms with Crippen LogP contribution in [-0.4, -0.2) is 44.3 Å². The molecule has 1 aromatic heterocycles. The number of anilines is 1. The van der Waals surface area contributed by atoms with Gasteiger partial charge in [0.1, 0.15) is 5.82 Å². The Morgan fingerprint density at radius 3 is 2.79 bits per heavy atom. The highest BCUT2D eigenvalue weighted by molar-refractivity contribution is 5.80. The van der Waals surface area contributed by atoms with E-state index in [4.69, 9.17) is 23.9 Å². The molecule has 4 rings (SSSR count). The first kappa shape index (κ1) is 18.9. The van der Waals surface area contributed by atoms with Crippen molar-refractivity contribution >= 4 is 5.82 Å². The van der Waals surface area contributed by atoms with Crippen molar-refractivity contribution in [3.05, 3.63) is 48.5 Å². The number of fused-ring (bicyclic) bond motifs is 1. The van der Waals surface area contributed by atoms with E-state index in [1.165, 1.54) is 7.11 Å². The summed E-state index contributed by atoms with van der Waals surface area (Å²) in [5, 5.41) is 13.2. The number of phenols is 1. The standard InChI is InChI=1S/C22H22N2O5/c1-26-9-8-23-21-12-15(16-4-3-5-19-22(16)29-13-28-19)10-17(24-21)14-6-7-18(25)20(11-14)27-2/h3-7,10-12,25H,8-9,13H2,1-2H3,(H,23,24). The van der Waals surface area contributed by atoms with E-state index < -0.39 is 0 Å². The quantitative estimate of drug-likeness (QED) is 0.588. The monoisotopic (exact) mass is 394 g/mol. The van der Waals surface area contributed by atoms with Crippen molar-refractivity contribution in [2.24, 2.45) is 0 Å². The van der Waals surface area contributed by atoms with Crippen molar-refractivity contribution in [1.29, 1.82) is 0 Å². The molecule has 2 heterocycles. The second-order valence-electron chi connectivity index (χ2n) is 6.47. The molecule has 150 valence electrons. The maximum Gasteiger partial charge on any atom is 0.231 e. The lowest BCUT2D eigenvalue weighted by Crippen LogP contribution is -2.09. The molecule has 2 N–H and O–H groups in total. The minimum atomic E-state index is 0.0808. The lowest BCUT2D eigenvalue weighted by molar-refractivity contribution is 0.174. The summed E-state index contributed by atoms with van der Waals surface area (Å²) in [5.41, 5.74) is 3.41. The van der Waals surface area contributed by atoms with E-state index in [9.17, 15) is 5.11 Å². The van der Waals surface area contributed by atoms with Crippen molar-refractivity contribution in [2.75, 3.05) is 39.5 Å². The molecule has 0 radical (unpaired) electrons. The van der Waals surface area contributed by atoms with Gasteiger partial charge in [-0.05, 0) is 42.0 Å². The summed E-state index contributed by atoms with van der Waals surface area (Å²) >= 11 is 0. The van der Waals surface area contributed by atoms with Gasteiger partial charge in [-0.1, -0.05) is 12.1 Å². The molecule has 0 amide bonds. The molecular formula is C22H22N2O5. The highest BCUT2D eigenvalue weighted by Gasteiger charge is 2.19. The summed E-state index contributed by atoms with van der Waals surface area (Å²) in [4.78, 5) is 4.72. The molecular weight excluding hydrogens is 372 g/mol. The van der Waals surface area contributed by atoms with Crippen molar-refractivity contribution in [1.82, 2.24) is 4.98 Å². The van der Waals surface area contributed by atoms with E-state index in [1.807, 2.05) is 30.3 Å². The summed E-state index contributed by atoms with van der Waals surface area (Å²) in [6.45, 7) is 1.39. The first-order chi connectivity index (χ1) is 14.2. The van der Waals surface area contributed by atoms with E-state index in [0.29, 0.717) is 24.7 Å². The highest BCUT2D eigenvalue weighted by Crippen LogP contribution is 2.42. The number of nitrogens with one attached hydrogen (secondary N) is 1. The minimum Gasteiger partial charge on any atom is -0.504 e. The third kappa shape index (κ3) is 3.90. The van der Waals surface area contributed by atoms with Gasteiger partial charge < -0.3 is 29.4 Å². The predicted molar refractivity (Wildman–Crippen MR) is 110 cm³/mol. The number of pyridine rings is 1. The number of aromatic hydroxyl groups is 1. The molecule has 0 atom stereocenters. The molecule has 0 unspecified atom stereocenters. The molecule has 7 heteroatoms. The fourth-order valence-electron chi connectivity index (χ4n) is 3.20. The molecule has 0 bridgehead atoms. The second kappa shape index (κ2) is 8.28. The van der Waals surface area contributed by atoms with Gasteiger partial charge in [0.25, 0.3) is 0 Å². The summed E-state index contributed by atoms with van der Waals surface area (Å²) in [5.74, 6) is 2.62. The third-order valence-corrected chi connectivity index (χ3v) is 4.62. The number of hydrogen-bond donors (Lipinski definition) is 2. The van der Waals surface area contributed by atoms with Crippen LogP contribution >= 0.6 is 0 Å². The van der Waals surface area contributed by atoms with E-state index in [0.717, 1.165) is 33.9 Å². The Morgan fingerprint density at radius 2 is 1.97 bits per heavy atom. The van der Waals surface area contributed by atoms with Gasteiger partial charge in [-0.15, -0.1) is 0 Å². The van der Waals surface area contributed by atoms with E-state index in [-0.39, 0.29) is 12.5 Å². The van der Waals surface area contributed by atoms with Crippen LogP contribution < -0.4 is 19.5 Å². The SMILES string of the molecule is COCCNc1cc(-c2cccc3c2OCO3)cc(-c2ccc(O)c(OC)c2)n1. The molecule has 29 heavy (non-hydrogen) atoms. The Hall–Kier alpha value is -3.45. The summed E-state index contributed by atoms with van der Waals surface area (Å²) in [6.07, 6.45) is 0. The van der Waals surface area contributed by atoms with Gasteiger partial charge in [0, 0.05) is 24.8 Å². The van der Waals surface area contributed by atoms with Crippen LogP contribution in [-0.2, 0) is 4.74 Å². The van der Waals surface area contributed by atoms with Crippen molar-refractivity contribution in [3.8, 4) is 45.4 Å². The lowest BCUT2D eigenvalue weighted by atomic mass is 10.0. The van der Waals surface area contributed by atoms with Gasteiger partial charge in [-0.25, -0.2) is 4.98 Å². The zero-order valence-corrected chi connectivity index (χ0v) is 16.3. The third-order valence-electron chi connectivity index (χ3n) is 4.62. The van der Waals surface area contributed by atoms with Crippen LogP contribution in [0.1, 0.15) is 0 Å². The van der Waals surface area contributed by atoms with Gasteiger partial charge in [0.2, 0.25) is 6.79 Å². The predicted octanol–water partition coefficient (Wildman–Crippen LogP) is 3.92. The lowest BCUT2D eigenvalue weighted by Gasteiger charge is -2.13. The Morgan fingerprint density at radius 1 is 1.07 bits per heavy atom. The molecule has 2 aromatic carbocycles. The average Bonchev–Trinajstić information content (AvgIpc) is 3.23. The molecule has 0 fully saturated rings. The van der Waals surface area contributed by atoms with Gasteiger partial charge in [0.15, 0.2) is 23.0 Å². The first-order valence-corrected chi connectivity index (χ1v) is 9.21. The number of benzene rings is 2. The normalized spacial score (nSPS) is 12.1. The van der Waals surface area contributed by atoms with Gasteiger partial charge >= 0.3 is 0 Å². The molecule has 0 saturated carbocycles. The van der Waals surface area contributed by atoms with Gasteiger partial charge in [-0.2, -0.15) is 0 Å². The van der Waals surface area contributed by atoms with Crippen molar-refractivity contribution < 1.29 is 24.1 Å². The highest BCUT2D eigenvalue weighted by atomic mass is 16.7. The number of phenolic OH excluding ortho intramolecular Hbond substituents is 1.